The van der Waals surface area contributed by atoms with E-state index >= 15 is 0 Å². The molecule has 5 nitrogen and oxygen atoms in total. The Kier molecular flexibility index (Phi) is 4.08. The van der Waals surface area contributed by atoms with Crippen molar-refractivity contribution in [3.8, 4) is 6.07 Å². The summed E-state index contributed by atoms with van der Waals surface area (Å²) in [6.45, 7) is 0. The number of nitrogens with zero attached hydrogens (tertiary/aromatic N) is 1. The zero-order valence-electron chi connectivity index (χ0n) is 12.4. The monoisotopic (exact) mass is 322 g/mol. The number of nitriles is 1. The topological polar surface area (TPSA) is 83.1 Å². The number of hydrogen-bond acceptors (Lipinski definition) is 4. The summed E-state index contributed by atoms with van der Waals surface area (Å²) in [5.74, 6) is -1.34. The number of benzene rings is 2. The van der Waals surface area contributed by atoms with E-state index in [1.54, 1.807) is 24.3 Å². The summed E-state index contributed by atoms with van der Waals surface area (Å²) < 4.78 is 18.3. The van der Waals surface area contributed by atoms with Crippen molar-refractivity contribution in [2.45, 2.75) is 6.42 Å². The van der Waals surface area contributed by atoms with Gasteiger partial charge in [-0.3, -0.25) is 4.79 Å². The Morgan fingerprint density at radius 2 is 1.92 bits per heavy atom. The number of nitrogens with one attached hydrogen (secondary N) is 1. The second kappa shape index (κ2) is 6.34. The first-order valence-electron chi connectivity index (χ1n) is 7.07. The Hall–Kier alpha value is -3.46. The van der Waals surface area contributed by atoms with Crippen LogP contribution in [0.25, 0.3) is 10.8 Å². The van der Waals surface area contributed by atoms with Gasteiger partial charge in [-0.25, -0.2) is 9.18 Å². The standard InChI is InChI=1S/C18H11FN2O3/c19-13-3-6-15-12(9-13)10-16(24-18(15)23)17(22)21-14-4-1-11(2-5-14)7-8-20/h1-6,9-10H,7H2,(H,21,22). The summed E-state index contributed by atoms with van der Waals surface area (Å²) in [5.41, 5.74) is 0.605. The highest BCUT2D eigenvalue weighted by atomic mass is 19.1. The molecule has 0 saturated heterocycles. The molecule has 1 aromatic heterocycles. The smallest absolute Gasteiger partial charge is 0.344 e. The summed E-state index contributed by atoms with van der Waals surface area (Å²) >= 11 is 0. The molecular weight excluding hydrogens is 311 g/mol. The molecule has 1 heterocycles. The fourth-order valence-electron chi connectivity index (χ4n) is 2.27. The number of fused-ring (bicyclic) bond motifs is 1. The van der Waals surface area contributed by atoms with Crippen LogP contribution in [-0.2, 0) is 6.42 Å². The zero-order valence-corrected chi connectivity index (χ0v) is 12.4. The first-order valence-corrected chi connectivity index (χ1v) is 7.07. The number of halogens is 1. The van der Waals surface area contributed by atoms with E-state index in [1.807, 2.05) is 6.07 Å². The van der Waals surface area contributed by atoms with Crippen molar-refractivity contribution in [3.05, 3.63) is 76.1 Å². The van der Waals surface area contributed by atoms with Crippen LogP contribution < -0.4 is 10.9 Å². The minimum absolute atomic E-state index is 0.203. The number of amides is 1. The van der Waals surface area contributed by atoms with Crippen molar-refractivity contribution in [3.63, 3.8) is 0 Å². The molecule has 0 unspecified atom stereocenters. The van der Waals surface area contributed by atoms with Crippen molar-refractivity contribution in [1.29, 1.82) is 5.26 Å². The molecule has 6 heteroatoms. The van der Waals surface area contributed by atoms with Gasteiger partial charge in [-0.1, -0.05) is 12.1 Å². The van der Waals surface area contributed by atoms with E-state index in [1.165, 1.54) is 18.2 Å². The molecule has 0 bridgehead atoms. The van der Waals surface area contributed by atoms with E-state index in [0.29, 0.717) is 11.1 Å². The number of rotatable bonds is 3. The van der Waals surface area contributed by atoms with Gasteiger partial charge in [0.05, 0.1) is 17.9 Å². The molecule has 1 N–H and O–H groups in total. The van der Waals surface area contributed by atoms with Crippen molar-refractivity contribution in [2.75, 3.05) is 5.32 Å². The first-order chi connectivity index (χ1) is 11.6. The maximum absolute atomic E-state index is 13.3. The summed E-state index contributed by atoms with van der Waals surface area (Å²) in [4.78, 5) is 24.1. The molecule has 3 aromatic rings. The zero-order chi connectivity index (χ0) is 17.1. The SMILES string of the molecule is N#CCc1ccc(NC(=O)c2cc3cc(F)ccc3c(=O)o2)cc1. The van der Waals surface area contributed by atoms with Crippen molar-refractivity contribution < 1.29 is 13.6 Å². The predicted octanol–water partition coefficient (Wildman–Crippen LogP) is 3.25. The molecule has 0 saturated carbocycles. The summed E-state index contributed by atoms with van der Waals surface area (Å²) in [7, 11) is 0. The fourth-order valence-corrected chi connectivity index (χ4v) is 2.27. The van der Waals surface area contributed by atoms with E-state index in [-0.39, 0.29) is 17.6 Å². The maximum atomic E-state index is 13.3. The molecule has 24 heavy (non-hydrogen) atoms. The Bertz CT molecular complexity index is 1020. The van der Waals surface area contributed by atoms with Gasteiger partial charge in [0.2, 0.25) is 0 Å². The van der Waals surface area contributed by atoms with Crippen LogP contribution >= 0.6 is 0 Å². The summed E-state index contributed by atoms with van der Waals surface area (Å²) in [6, 6.07) is 13.7. The third-order valence-electron chi connectivity index (χ3n) is 3.44. The van der Waals surface area contributed by atoms with E-state index in [2.05, 4.69) is 5.32 Å². The molecule has 0 aliphatic rings. The molecule has 0 radical (unpaired) electrons. The lowest BCUT2D eigenvalue weighted by molar-refractivity contribution is 0.0993. The Labute approximate surface area is 136 Å². The minimum Gasteiger partial charge on any atom is -0.417 e. The van der Waals surface area contributed by atoms with Crippen molar-refractivity contribution >= 4 is 22.4 Å². The number of carbonyl (C=O) groups is 1. The molecule has 3 rings (SSSR count). The van der Waals surface area contributed by atoms with Gasteiger partial charge < -0.3 is 9.73 Å². The Morgan fingerprint density at radius 1 is 1.17 bits per heavy atom. The number of anilines is 1. The van der Waals surface area contributed by atoms with Gasteiger partial charge in [0, 0.05) is 5.69 Å². The van der Waals surface area contributed by atoms with Crippen LogP contribution in [0.5, 0.6) is 0 Å². The molecular formula is C18H11FN2O3. The van der Waals surface area contributed by atoms with Gasteiger partial charge in [-0.05, 0) is 47.3 Å². The molecule has 0 spiro atoms. The second-order valence-corrected chi connectivity index (χ2v) is 5.12. The van der Waals surface area contributed by atoms with E-state index < -0.39 is 17.3 Å². The lowest BCUT2D eigenvalue weighted by atomic mass is 10.1. The number of hydrogen-bond donors (Lipinski definition) is 1. The van der Waals surface area contributed by atoms with Crippen LogP contribution in [0.1, 0.15) is 16.1 Å². The normalized spacial score (nSPS) is 10.3. The van der Waals surface area contributed by atoms with Crippen LogP contribution in [0.15, 0.2) is 57.7 Å². The van der Waals surface area contributed by atoms with Crippen LogP contribution in [0.4, 0.5) is 10.1 Å². The lowest BCUT2D eigenvalue weighted by Gasteiger charge is -2.06. The largest absolute Gasteiger partial charge is 0.417 e. The van der Waals surface area contributed by atoms with E-state index in [4.69, 9.17) is 9.68 Å². The van der Waals surface area contributed by atoms with Gasteiger partial charge in [-0.15, -0.1) is 0 Å². The average Bonchev–Trinajstić information content (AvgIpc) is 2.56. The third kappa shape index (κ3) is 3.15. The fraction of sp³-hybridized carbons (Fsp3) is 0.0556. The highest BCUT2D eigenvalue weighted by Crippen LogP contribution is 2.16. The highest BCUT2D eigenvalue weighted by molar-refractivity contribution is 6.03. The van der Waals surface area contributed by atoms with Crippen LogP contribution in [0, 0.1) is 17.1 Å². The summed E-state index contributed by atoms with van der Waals surface area (Å²) in [6.07, 6.45) is 0.277. The van der Waals surface area contributed by atoms with Gasteiger partial charge in [-0.2, -0.15) is 5.26 Å². The van der Waals surface area contributed by atoms with Crippen molar-refractivity contribution in [2.24, 2.45) is 0 Å². The van der Waals surface area contributed by atoms with Gasteiger partial charge >= 0.3 is 5.63 Å². The van der Waals surface area contributed by atoms with E-state index in [0.717, 1.165) is 11.6 Å². The number of carbonyl (C=O) groups excluding carboxylic acids is 1. The third-order valence-corrected chi connectivity index (χ3v) is 3.44. The molecule has 0 atom stereocenters. The molecule has 2 aromatic carbocycles. The van der Waals surface area contributed by atoms with Gasteiger partial charge in [0.25, 0.3) is 5.91 Å². The Balaban J connectivity index is 1.88. The van der Waals surface area contributed by atoms with E-state index in [9.17, 15) is 14.0 Å². The summed E-state index contributed by atoms with van der Waals surface area (Å²) in [5, 5.41) is 11.7. The average molecular weight is 322 g/mol. The van der Waals surface area contributed by atoms with Crippen LogP contribution in [0.2, 0.25) is 0 Å². The molecule has 118 valence electrons. The molecule has 0 fully saturated rings. The molecule has 1 amide bonds. The van der Waals surface area contributed by atoms with Crippen LogP contribution in [0.3, 0.4) is 0 Å². The molecule has 0 aliphatic heterocycles. The minimum atomic E-state index is -0.706. The predicted molar refractivity (Wildman–Crippen MR) is 86.2 cm³/mol. The van der Waals surface area contributed by atoms with Gasteiger partial charge in [0.15, 0.2) is 5.76 Å². The first kappa shape index (κ1) is 15.4. The second-order valence-electron chi connectivity index (χ2n) is 5.12. The van der Waals surface area contributed by atoms with Gasteiger partial charge in [0.1, 0.15) is 5.82 Å². The lowest BCUT2D eigenvalue weighted by Crippen LogP contribution is -2.15. The highest BCUT2D eigenvalue weighted by Gasteiger charge is 2.13. The molecule has 0 aliphatic carbocycles. The maximum Gasteiger partial charge on any atom is 0.344 e. The quantitative estimate of drug-likeness (QED) is 0.802. The van der Waals surface area contributed by atoms with Crippen molar-refractivity contribution in [1.82, 2.24) is 0 Å². The Morgan fingerprint density at radius 3 is 2.62 bits per heavy atom. The van der Waals surface area contributed by atoms with Crippen LogP contribution in [-0.4, -0.2) is 5.91 Å².